The number of hydrogen-bond donors (Lipinski definition) is 4. The molecule has 46 heavy (non-hydrogen) atoms. The summed E-state index contributed by atoms with van der Waals surface area (Å²) in [5, 5.41) is 41.8. The maximum atomic E-state index is 13.9. The van der Waals surface area contributed by atoms with E-state index in [1.807, 2.05) is 0 Å². The first kappa shape index (κ1) is 33.1. The maximum Gasteiger partial charge on any atom is 0.330 e. The summed E-state index contributed by atoms with van der Waals surface area (Å²) in [6, 6.07) is 4.36. The summed E-state index contributed by atoms with van der Waals surface area (Å²) in [4.78, 5) is 26.9. The Morgan fingerprint density at radius 2 is 1.67 bits per heavy atom. The third kappa shape index (κ3) is 4.61. The van der Waals surface area contributed by atoms with Gasteiger partial charge in [0.05, 0.1) is 18.1 Å². The van der Waals surface area contributed by atoms with Crippen LogP contribution < -0.4 is 0 Å². The number of fused-ring (bicyclic) bond motifs is 7. The fourth-order valence-electron chi connectivity index (χ4n) is 12.7. The number of ether oxygens (including phenoxy) is 1. The number of aliphatic hydroxyl groups is 1. The summed E-state index contributed by atoms with van der Waals surface area (Å²) in [7, 11) is 0. The van der Waals surface area contributed by atoms with Gasteiger partial charge in [-0.2, -0.15) is 0 Å². The lowest BCUT2D eigenvalue weighted by Gasteiger charge is -2.72. The molecule has 10 atom stereocenters. The Balaban J connectivity index is 1.31. The first-order chi connectivity index (χ1) is 21.5. The second-order valence-electron chi connectivity index (χ2n) is 17.0. The van der Waals surface area contributed by atoms with Gasteiger partial charge >= 0.3 is 11.9 Å². The molecule has 7 nitrogen and oxygen atoms in total. The van der Waals surface area contributed by atoms with Crippen molar-refractivity contribution in [2.45, 2.75) is 105 Å². The zero-order chi connectivity index (χ0) is 33.4. The number of aliphatic hydroxyl groups excluding tert-OH is 1. The lowest BCUT2D eigenvalue weighted by molar-refractivity contribution is -0.256. The van der Waals surface area contributed by atoms with E-state index in [1.165, 1.54) is 18.2 Å². The summed E-state index contributed by atoms with van der Waals surface area (Å²) in [5.74, 6) is -0.730. The predicted octanol–water partition coefficient (Wildman–Crippen LogP) is 7.74. The Morgan fingerprint density at radius 1 is 0.935 bits per heavy atom. The van der Waals surface area contributed by atoms with Crippen LogP contribution in [0, 0.1) is 56.7 Å². The highest BCUT2D eigenvalue weighted by molar-refractivity contribution is 5.87. The van der Waals surface area contributed by atoms with E-state index < -0.39 is 17.4 Å². The van der Waals surface area contributed by atoms with Crippen molar-refractivity contribution in [1.82, 2.24) is 0 Å². The molecular formula is C39H54O7. The van der Waals surface area contributed by atoms with Crippen molar-refractivity contribution in [3.05, 3.63) is 42.0 Å². The third-order valence-corrected chi connectivity index (χ3v) is 14.9. The largest absolute Gasteiger partial charge is 0.504 e. The molecule has 1 aromatic carbocycles. The van der Waals surface area contributed by atoms with E-state index in [0.29, 0.717) is 24.3 Å². The van der Waals surface area contributed by atoms with Crippen LogP contribution in [0.3, 0.4) is 0 Å². The average molecular weight is 635 g/mol. The quantitative estimate of drug-likeness (QED) is 0.109. The molecule has 4 N–H and O–H groups in total. The average Bonchev–Trinajstić information content (AvgIpc) is 3.39. The molecule has 0 aromatic heterocycles. The van der Waals surface area contributed by atoms with Crippen molar-refractivity contribution in [2.24, 2.45) is 56.7 Å². The van der Waals surface area contributed by atoms with Crippen LogP contribution in [0.1, 0.15) is 104 Å². The number of allylic oxidation sites excluding steroid dienone is 1. The first-order valence-electron chi connectivity index (χ1n) is 17.5. The Hall–Kier alpha value is -2.80. The standard InChI is InChI=1S/C39H54O7/c1-23(2)25-13-18-38(22-46-32(43)12-8-24-7-10-27(40)28(41)21-24)19-20-39(34(44)45)26(33(25)38)9-11-30-36(5)16-15-31(42)35(3,4)29(36)14-17-37(30,39)6/h7-8,10,12,21,25-26,29-31,33,40-42H,1,9,11,13-20,22H2,2-6H3,(H,44,45)/t25-,26+,29+,30-,31+,33-,36-,37+,38+,39+/m0/s1. The molecule has 7 heteroatoms. The van der Waals surface area contributed by atoms with Crippen molar-refractivity contribution in [3.8, 4) is 11.5 Å². The minimum absolute atomic E-state index is 0.0166. The first-order valence-corrected chi connectivity index (χ1v) is 17.5. The van der Waals surface area contributed by atoms with Gasteiger partial charge in [-0.05, 0) is 141 Å². The van der Waals surface area contributed by atoms with Gasteiger partial charge in [-0.3, -0.25) is 4.79 Å². The normalized spacial score (nSPS) is 42.7. The van der Waals surface area contributed by atoms with Gasteiger partial charge in [-0.15, -0.1) is 0 Å². The molecule has 1 aromatic rings. The molecular weight excluding hydrogens is 580 g/mol. The van der Waals surface area contributed by atoms with Crippen LogP contribution in [0.4, 0.5) is 0 Å². The molecule has 252 valence electrons. The Bertz CT molecular complexity index is 1450. The van der Waals surface area contributed by atoms with E-state index in [0.717, 1.165) is 56.9 Å². The Kier molecular flexibility index (Phi) is 8.02. The molecule has 5 fully saturated rings. The summed E-state index contributed by atoms with van der Waals surface area (Å²) >= 11 is 0. The van der Waals surface area contributed by atoms with Gasteiger partial charge in [0.25, 0.3) is 0 Å². The van der Waals surface area contributed by atoms with Gasteiger partial charge in [-0.25, -0.2) is 4.79 Å². The van der Waals surface area contributed by atoms with Crippen molar-refractivity contribution < 1.29 is 34.8 Å². The number of phenolic OH excluding ortho intramolecular Hbond substituents is 2. The molecule has 5 aliphatic carbocycles. The van der Waals surface area contributed by atoms with Gasteiger partial charge in [0, 0.05) is 11.5 Å². The lowest BCUT2D eigenvalue weighted by Crippen LogP contribution is -2.69. The second kappa shape index (κ2) is 11.1. The van der Waals surface area contributed by atoms with Gasteiger partial charge in [0.1, 0.15) is 0 Å². The van der Waals surface area contributed by atoms with E-state index in [2.05, 4.69) is 41.2 Å². The minimum Gasteiger partial charge on any atom is -0.504 e. The number of aromatic hydroxyl groups is 2. The van der Waals surface area contributed by atoms with Crippen LogP contribution in [0.15, 0.2) is 36.4 Å². The van der Waals surface area contributed by atoms with E-state index in [9.17, 15) is 30.0 Å². The summed E-state index contributed by atoms with van der Waals surface area (Å²) in [5.41, 5.74) is -0.0694. The van der Waals surface area contributed by atoms with Gasteiger partial charge in [0.15, 0.2) is 11.5 Å². The lowest BCUT2D eigenvalue weighted by atomic mass is 9.32. The van der Waals surface area contributed by atoms with Crippen LogP contribution in [0.2, 0.25) is 0 Å². The predicted molar refractivity (Wildman–Crippen MR) is 177 cm³/mol. The van der Waals surface area contributed by atoms with Gasteiger partial charge in [-0.1, -0.05) is 45.9 Å². The highest BCUT2D eigenvalue weighted by Gasteiger charge is 2.74. The maximum absolute atomic E-state index is 13.9. The molecule has 6 rings (SSSR count). The topological polar surface area (TPSA) is 124 Å². The van der Waals surface area contributed by atoms with Crippen molar-refractivity contribution >= 4 is 18.0 Å². The van der Waals surface area contributed by atoms with Gasteiger partial charge in [0.2, 0.25) is 0 Å². The zero-order valence-electron chi connectivity index (χ0n) is 28.3. The number of rotatable bonds is 6. The Labute approximate surface area is 274 Å². The summed E-state index contributed by atoms with van der Waals surface area (Å²) in [6.07, 6.45) is 11.1. The van der Waals surface area contributed by atoms with Gasteiger partial charge < -0.3 is 25.2 Å². The monoisotopic (exact) mass is 634 g/mol. The van der Waals surface area contributed by atoms with Crippen LogP contribution in [-0.4, -0.2) is 45.1 Å². The highest BCUT2D eigenvalue weighted by atomic mass is 16.5. The number of aliphatic carboxylic acids is 1. The molecule has 0 amide bonds. The van der Waals surface area contributed by atoms with E-state index >= 15 is 0 Å². The van der Waals surface area contributed by atoms with Crippen molar-refractivity contribution in [2.75, 3.05) is 6.61 Å². The number of carboxylic acid groups (broad SMARTS) is 1. The molecule has 0 aliphatic heterocycles. The highest BCUT2D eigenvalue weighted by Crippen LogP contribution is 2.77. The fourth-order valence-corrected chi connectivity index (χ4v) is 12.7. The second-order valence-corrected chi connectivity index (χ2v) is 17.0. The summed E-state index contributed by atoms with van der Waals surface area (Å²) in [6.45, 7) is 15.9. The number of phenols is 2. The molecule has 0 spiro atoms. The molecule has 0 radical (unpaired) electrons. The van der Waals surface area contributed by atoms with E-state index in [1.54, 1.807) is 12.1 Å². The van der Waals surface area contributed by atoms with E-state index in [4.69, 9.17) is 4.74 Å². The van der Waals surface area contributed by atoms with Crippen molar-refractivity contribution in [1.29, 1.82) is 0 Å². The van der Waals surface area contributed by atoms with Crippen LogP contribution in [0.5, 0.6) is 11.5 Å². The number of carbonyl (C=O) groups is 2. The molecule has 5 saturated carbocycles. The molecule has 0 bridgehead atoms. The number of hydrogen-bond acceptors (Lipinski definition) is 6. The van der Waals surface area contributed by atoms with Crippen LogP contribution in [0.25, 0.3) is 6.08 Å². The van der Waals surface area contributed by atoms with E-state index in [-0.39, 0.29) is 69.5 Å². The SMILES string of the molecule is C=C(C)[C@@H]1CC[C@]2(COC(=O)C=Cc3ccc(O)c(O)c3)CC[C@]3(C(=O)O)[C@H](CC[C@H]4[C@@]5(C)CC[C@@H](O)C(C)(C)[C@H]5CC[C@]43C)[C@H]12. The Morgan fingerprint density at radius 3 is 2.35 bits per heavy atom. The molecule has 0 saturated heterocycles. The number of carbonyl (C=O) groups excluding carboxylic acids is 1. The zero-order valence-corrected chi connectivity index (χ0v) is 28.3. The number of carboxylic acids is 1. The third-order valence-electron chi connectivity index (χ3n) is 14.9. The van der Waals surface area contributed by atoms with Crippen LogP contribution >= 0.6 is 0 Å². The molecule has 5 aliphatic rings. The number of benzene rings is 1. The van der Waals surface area contributed by atoms with Crippen molar-refractivity contribution in [3.63, 3.8) is 0 Å². The molecule has 0 heterocycles. The number of esters is 1. The summed E-state index contributed by atoms with van der Waals surface area (Å²) < 4.78 is 5.98. The fraction of sp³-hybridized carbons (Fsp3) is 0.692. The smallest absolute Gasteiger partial charge is 0.330 e. The minimum atomic E-state index is -0.860. The molecule has 0 unspecified atom stereocenters. The van der Waals surface area contributed by atoms with Crippen LogP contribution in [-0.2, 0) is 14.3 Å².